The molecular formula is C19H21N5O2. The number of rotatable bonds is 3. The number of carbonyl (C=O) groups is 1. The van der Waals surface area contributed by atoms with Gasteiger partial charge < -0.3 is 4.90 Å². The van der Waals surface area contributed by atoms with E-state index in [2.05, 4.69) is 10.2 Å². The molecule has 7 heteroatoms. The fourth-order valence-electron chi connectivity index (χ4n) is 3.57. The fraction of sp³-hybridized carbons (Fsp3) is 0.368. The molecule has 1 aromatic carbocycles. The summed E-state index contributed by atoms with van der Waals surface area (Å²) in [5.41, 5.74) is 2.60. The van der Waals surface area contributed by atoms with Gasteiger partial charge in [-0.15, -0.1) is 0 Å². The average Bonchev–Trinajstić information content (AvgIpc) is 2.89. The lowest BCUT2D eigenvalue weighted by Crippen LogP contribution is -2.52. The van der Waals surface area contributed by atoms with Crippen molar-refractivity contribution in [2.75, 3.05) is 13.1 Å². The Morgan fingerprint density at radius 1 is 1.12 bits per heavy atom. The van der Waals surface area contributed by atoms with Crippen LogP contribution in [0.3, 0.4) is 0 Å². The summed E-state index contributed by atoms with van der Waals surface area (Å²) in [7, 11) is 0. The van der Waals surface area contributed by atoms with Gasteiger partial charge in [-0.25, -0.2) is 4.68 Å². The third-order valence-electron chi connectivity index (χ3n) is 4.94. The van der Waals surface area contributed by atoms with Crippen molar-refractivity contribution in [2.24, 2.45) is 0 Å². The number of fused-ring (bicyclic) bond motifs is 1. The highest BCUT2D eigenvalue weighted by Crippen LogP contribution is 2.23. The lowest BCUT2D eigenvalue weighted by atomic mass is 10.1. The maximum absolute atomic E-state index is 12.6. The van der Waals surface area contributed by atoms with Gasteiger partial charge >= 0.3 is 0 Å². The summed E-state index contributed by atoms with van der Waals surface area (Å²) < 4.78 is 3.25. The molecule has 0 spiro atoms. The predicted octanol–water partition coefficient (Wildman–Crippen LogP) is 1.60. The van der Waals surface area contributed by atoms with Crippen molar-refractivity contribution >= 4 is 16.7 Å². The Hall–Kier alpha value is -2.96. The topological polar surface area (TPSA) is 73.0 Å². The first-order valence-electron chi connectivity index (χ1n) is 8.71. The molecule has 134 valence electrons. The molecule has 7 nitrogen and oxygen atoms in total. The molecule has 2 aromatic heterocycles. The van der Waals surface area contributed by atoms with Crippen molar-refractivity contribution in [2.45, 2.75) is 33.4 Å². The molecule has 1 aliphatic heterocycles. The van der Waals surface area contributed by atoms with Crippen LogP contribution in [0, 0.1) is 20.8 Å². The number of amides is 1. The van der Waals surface area contributed by atoms with E-state index in [9.17, 15) is 9.59 Å². The Morgan fingerprint density at radius 2 is 1.81 bits per heavy atom. The van der Waals surface area contributed by atoms with Crippen molar-refractivity contribution in [1.29, 1.82) is 0 Å². The lowest BCUT2D eigenvalue weighted by Gasteiger charge is -2.39. The summed E-state index contributed by atoms with van der Waals surface area (Å²) in [5, 5.41) is 10.2. The van der Waals surface area contributed by atoms with Crippen molar-refractivity contribution in [1.82, 2.24) is 24.5 Å². The van der Waals surface area contributed by atoms with Gasteiger partial charge in [0.1, 0.15) is 6.54 Å². The molecule has 0 saturated carbocycles. The van der Waals surface area contributed by atoms with Gasteiger partial charge in [0.15, 0.2) is 0 Å². The third kappa shape index (κ3) is 2.69. The van der Waals surface area contributed by atoms with Crippen LogP contribution in [0.15, 0.2) is 35.1 Å². The van der Waals surface area contributed by atoms with E-state index in [1.807, 2.05) is 49.7 Å². The highest BCUT2D eigenvalue weighted by molar-refractivity contribution is 5.83. The minimum absolute atomic E-state index is 0.0334. The molecule has 3 aromatic rings. The van der Waals surface area contributed by atoms with Gasteiger partial charge in [-0.2, -0.15) is 10.2 Å². The summed E-state index contributed by atoms with van der Waals surface area (Å²) >= 11 is 0. The summed E-state index contributed by atoms with van der Waals surface area (Å²) in [6.45, 7) is 7.03. The van der Waals surface area contributed by atoms with E-state index in [1.54, 1.807) is 11.0 Å². The highest BCUT2D eigenvalue weighted by atomic mass is 16.2. The van der Waals surface area contributed by atoms with Crippen LogP contribution in [0.2, 0.25) is 0 Å². The first-order chi connectivity index (χ1) is 12.4. The Balaban J connectivity index is 1.50. The van der Waals surface area contributed by atoms with Gasteiger partial charge in [-0.3, -0.25) is 14.3 Å². The highest BCUT2D eigenvalue weighted by Gasteiger charge is 2.33. The van der Waals surface area contributed by atoms with Crippen LogP contribution >= 0.6 is 0 Å². The van der Waals surface area contributed by atoms with Crippen LogP contribution in [0.5, 0.6) is 0 Å². The molecule has 0 bridgehead atoms. The molecule has 1 amide bonds. The number of likely N-dealkylation sites (tertiary alicyclic amines) is 1. The number of nitrogens with zero attached hydrogens (tertiary/aromatic N) is 5. The van der Waals surface area contributed by atoms with Crippen molar-refractivity contribution in [3.05, 3.63) is 57.8 Å². The van der Waals surface area contributed by atoms with E-state index in [1.165, 1.54) is 4.68 Å². The molecule has 3 heterocycles. The Morgan fingerprint density at radius 3 is 2.46 bits per heavy atom. The van der Waals surface area contributed by atoms with E-state index in [0.717, 1.165) is 22.5 Å². The van der Waals surface area contributed by atoms with Gasteiger partial charge in [0.25, 0.3) is 5.56 Å². The minimum atomic E-state index is -0.227. The zero-order chi connectivity index (χ0) is 18.4. The second-order valence-corrected chi connectivity index (χ2v) is 6.92. The smallest absolute Gasteiger partial charge is 0.275 e. The number of hydrogen-bond acceptors (Lipinski definition) is 4. The first kappa shape index (κ1) is 16.5. The van der Waals surface area contributed by atoms with Crippen LogP contribution in [0.1, 0.15) is 23.1 Å². The number of hydrogen-bond donors (Lipinski definition) is 0. The molecule has 0 N–H and O–H groups in total. The van der Waals surface area contributed by atoms with Crippen molar-refractivity contribution in [3.8, 4) is 0 Å². The summed E-state index contributed by atoms with van der Waals surface area (Å²) in [5.74, 6) is -0.0907. The van der Waals surface area contributed by atoms with Crippen LogP contribution in [-0.2, 0) is 11.3 Å². The van der Waals surface area contributed by atoms with E-state index in [0.29, 0.717) is 18.5 Å². The van der Waals surface area contributed by atoms with Crippen LogP contribution in [0.25, 0.3) is 10.8 Å². The average molecular weight is 351 g/mol. The summed E-state index contributed by atoms with van der Waals surface area (Å²) in [4.78, 5) is 26.9. The van der Waals surface area contributed by atoms with E-state index in [4.69, 9.17) is 0 Å². The molecule has 0 atom stereocenters. The standard InChI is InChI=1S/C19H21N5O2/c1-12-8-13(2)24(20-12)15-9-22(10-15)18(25)11-23-19(26)17-7-5-4-6-16(17)14(3)21-23/h4-8,15H,9-11H2,1-3H3. The van der Waals surface area contributed by atoms with Crippen molar-refractivity contribution in [3.63, 3.8) is 0 Å². The number of benzene rings is 1. The second-order valence-electron chi connectivity index (χ2n) is 6.92. The van der Waals surface area contributed by atoms with Gasteiger partial charge in [0, 0.05) is 24.2 Å². The maximum atomic E-state index is 12.6. The Kier molecular flexibility index (Phi) is 3.86. The largest absolute Gasteiger partial charge is 0.337 e. The van der Waals surface area contributed by atoms with E-state index < -0.39 is 0 Å². The molecular weight excluding hydrogens is 330 g/mol. The van der Waals surface area contributed by atoms with E-state index >= 15 is 0 Å². The quantitative estimate of drug-likeness (QED) is 0.718. The second kappa shape index (κ2) is 6.09. The SMILES string of the molecule is Cc1cc(C)n(C2CN(C(=O)Cn3nc(C)c4ccccc4c3=O)C2)n1. The van der Waals surface area contributed by atoms with Gasteiger partial charge in [0.05, 0.1) is 22.8 Å². The molecule has 4 rings (SSSR count). The first-order valence-corrected chi connectivity index (χ1v) is 8.71. The maximum Gasteiger partial charge on any atom is 0.275 e. The predicted molar refractivity (Wildman–Crippen MR) is 98.1 cm³/mol. The molecule has 1 fully saturated rings. The normalized spacial score (nSPS) is 14.7. The van der Waals surface area contributed by atoms with Crippen LogP contribution in [0.4, 0.5) is 0 Å². The molecule has 1 saturated heterocycles. The van der Waals surface area contributed by atoms with Gasteiger partial charge in [-0.1, -0.05) is 18.2 Å². The monoisotopic (exact) mass is 351 g/mol. The third-order valence-corrected chi connectivity index (χ3v) is 4.94. The van der Waals surface area contributed by atoms with Crippen LogP contribution < -0.4 is 5.56 Å². The molecule has 0 aliphatic carbocycles. The number of aromatic nitrogens is 4. The van der Waals surface area contributed by atoms with E-state index in [-0.39, 0.29) is 24.1 Å². The minimum Gasteiger partial charge on any atom is -0.337 e. The Bertz CT molecular complexity index is 1060. The molecule has 26 heavy (non-hydrogen) atoms. The molecule has 1 aliphatic rings. The number of aryl methyl sites for hydroxylation is 3. The van der Waals surface area contributed by atoms with Gasteiger partial charge in [0.2, 0.25) is 5.91 Å². The Labute approximate surface area is 150 Å². The fourth-order valence-corrected chi connectivity index (χ4v) is 3.57. The lowest BCUT2D eigenvalue weighted by molar-refractivity contribution is -0.138. The van der Waals surface area contributed by atoms with Gasteiger partial charge in [-0.05, 0) is 32.9 Å². The summed E-state index contributed by atoms with van der Waals surface area (Å²) in [6, 6.07) is 9.59. The molecule has 0 unspecified atom stereocenters. The van der Waals surface area contributed by atoms with Crippen LogP contribution in [-0.4, -0.2) is 43.5 Å². The molecule has 0 radical (unpaired) electrons. The summed E-state index contributed by atoms with van der Waals surface area (Å²) in [6.07, 6.45) is 0. The number of carbonyl (C=O) groups excluding carboxylic acids is 1. The van der Waals surface area contributed by atoms with Crippen molar-refractivity contribution < 1.29 is 4.79 Å². The zero-order valence-electron chi connectivity index (χ0n) is 15.1. The zero-order valence-corrected chi connectivity index (χ0v) is 15.1.